The Morgan fingerprint density at radius 1 is 0.788 bits per heavy atom. The van der Waals surface area contributed by atoms with Gasteiger partial charge in [0.2, 0.25) is 11.8 Å². The summed E-state index contributed by atoms with van der Waals surface area (Å²) >= 11 is 0. The molecule has 14 heteroatoms. The first kappa shape index (κ1) is 36.1. The van der Waals surface area contributed by atoms with Gasteiger partial charge < -0.3 is 39.9 Å². The second kappa shape index (κ2) is 15.7. The van der Waals surface area contributed by atoms with Gasteiger partial charge in [-0.3, -0.25) is 9.59 Å². The minimum Gasteiger partial charge on any atom is -0.453 e. The van der Waals surface area contributed by atoms with Crippen molar-refractivity contribution in [2.45, 2.75) is 70.6 Å². The molecule has 4 N–H and O–H groups in total. The number of aromatic nitrogens is 4. The van der Waals surface area contributed by atoms with Gasteiger partial charge in [0.25, 0.3) is 0 Å². The molecule has 274 valence electrons. The van der Waals surface area contributed by atoms with Crippen molar-refractivity contribution in [3.8, 4) is 33.6 Å². The number of ether oxygens (including phenoxy) is 2. The maximum atomic E-state index is 13.5. The number of nitrogens with one attached hydrogen (secondary N) is 4. The van der Waals surface area contributed by atoms with E-state index >= 15 is 0 Å². The minimum atomic E-state index is -0.686. The molecule has 4 amide bonds. The minimum absolute atomic E-state index is 0.103. The number of carbonyl (C=O) groups excluding carboxylic acids is 4. The lowest BCUT2D eigenvalue weighted by molar-refractivity contribution is -0.138. The molecule has 1 unspecified atom stereocenters. The summed E-state index contributed by atoms with van der Waals surface area (Å²) in [5, 5.41) is 5.32. The monoisotopic (exact) mass is 710 g/mol. The molecule has 4 atom stereocenters. The van der Waals surface area contributed by atoms with Gasteiger partial charge in [-0.2, -0.15) is 0 Å². The van der Waals surface area contributed by atoms with Gasteiger partial charge in [-0.25, -0.2) is 19.6 Å². The van der Waals surface area contributed by atoms with Crippen molar-refractivity contribution in [1.29, 1.82) is 0 Å². The molecule has 0 saturated carbocycles. The number of hydrogen-bond donors (Lipinski definition) is 4. The number of piperidine rings is 1. The topological polar surface area (TPSA) is 175 Å². The molecule has 0 radical (unpaired) electrons. The molecule has 2 fully saturated rings. The number of H-pyrrole nitrogens is 2. The van der Waals surface area contributed by atoms with Crippen LogP contribution in [0.3, 0.4) is 0 Å². The van der Waals surface area contributed by atoms with E-state index in [9.17, 15) is 19.2 Å². The summed E-state index contributed by atoms with van der Waals surface area (Å²) in [6.45, 7) is 6.90. The maximum Gasteiger partial charge on any atom is 0.407 e. The van der Waals surface area contributed by atoms with Gasteiger partial charge in [-0.05, 0) is 60.8 Å². The third-order valence-electron chi connectivity index (χ3n) is 9.97. The number of aromatic amines is 2. The first-order chi connectivity index (χ1) is 25.1. The van der Waals surface area contributed by atoms with E-state index in [2.05, 4.69) is 59.6 Å². The summed E-state index contributed by atoms with van der Waals surface area (Å²) in [5.41, 5.74) is 5.74. The average Bonchev–Trinajstić information content (AvgIpc) is 3.96. The van der Waals surface area contributed by atoms with Crippen LogP contribution in [0, 0.1) is 5.92 Å². The molecule has 4 aromatic rings. The fourth-order valence-corrected chi connectivity index (χ4v) is 6.99. The van der Waals surface area contributed by atoms with E-state index in [0.717, 1.165) is 58.7 Å². The Balaban J connectivity index is 1.09. The highest BCUT2D eigenvalue weighted by molar-refractivity contribution is 5.87. The fraction of sp³-hybridized carbons (Fsp3) is 0.421. The van der Waals surface area contributed by atoms with Gasteiger partial charge in [0.15, 0.2) is 0 Å². The van der Waals surface area contributed by atoms with Crippen LogP contribution < -0.4 is 10.6 Å². The largest absolute Gasteiger partial charge is 0.453 e. The van der Waals surface area contributed by atoms with Crippen LogP contribution >= 0.6 is 0 Å². The van der Waals surface area contributed by atoms with Crippen molar-refractivity contribution in [3.63, 3.8) is 0 Å². The molecule has 0 aliphatic carbocycles. The van der Waals surface area contributed by atoms with E-state index in [1.807, 2.05) is 45.0 Å². The summed E-state index contributed by atoms with van der Waals surface area (Å²) in [7, 11) is 2.57. The molecule has 2 saturated heterocycles. The number of methoxy groups -OCH3 is 2. The van der Waals surface area contributed by atoms with Gasteiger partial charge in [0.1, 0.15) is 23.7 Å². The molecule has 2 aromatic heterocycles. The molecule has 52 heavy (non-hydrogen) atoms. The van der Waals surface area contributed by atoms with Crippen LogP contribution in [0.15, 0.2) is 60.9 Å². The molecule has 2 aliphatic heterocycles. The number of likely N-dealkylation sites (tertiary alicyclic amines) is 2. The van der Waals surface area contributed by atoms with Gasteiger partial charge >= 0.3 is 12.2 Å². The van der Waals surface area contributed by atoms with Crippen LogP contribution in [0.2, 0.25) is 0 Å². The second-order valence-corrected chi connectivity index (χ2v) is 13.6. The van der Waals surface area contributed by atoms with Gasteiger partial charge in [-0.1, -0.05) is 62.4 Å². The fourth-order valence-electron chi connectivity index (χ4n) is 6.99. The van der Waals surface area contributed by atoms with Gasteiger partial charge in [-0.15, -0.1) is 0 Å². The van der Waals surface area contributed by atoms with E-state index in [4.69, 9.17) is 4.74 Å². The predicted molar refractivity (Wildman–Crippen MR) is 194 cm³/mol. The lowest BCUT2D eigenvalue weighted by Gasteiger charge is -2.35. The van der Waals surface area contributed by atoms with Gasteiger partial charge in [0, 0.05) is 13.1 Å². The number of carbonyl (C=O) groups is 4. The standard InChI is InChI=1S/C38H46N8O6/c1-22(2)32(44-38(50)52-5)36(48)46-19-7-9-31(46)34-40-21-30(42-34)27-16-12-25(13-17-27)24-10-14-26(15-11-24)29-20-39-33(41-29)23(3)45-18-6-8-28(35(45)47)43-37(49)51-4/h10-17,20-23,28,31-32H,6-9,18-19H2,1-5H3,(H,39,41)(H,40,42)(H,43,49)(H,44,50)/t23-,28+,31-,32?/m0/s1. The number of hydrogen-bond acceptors (Lipinski definition) is 8. The quantitative estimate of drug-likeness (QED) is 0.165. The number of benzene rings is 2. The van der Waals surface area contributed by atoms with Crippen LogP contribution in [0.25, 0.3) is 33.6 Å². The lowest BCUT2D eigenvalue weighted by atomic mass is 10.0. The number of nitrogens with zero attached hydrogens (tertiary/aromatic N) is 4. The summed E-state index contributed by atoms with van der Waals surface area (Å²) in [5.74, 6) is 1.00. The van der Waals surface area contributed by atoms with Crippen LogP contribution in [0.1, 0.15) is 70.2 Å². The Morgan fingerprint density at radius 2 is 1.37 bits per heavy atom. The molecule has 2 aliphatic rings. The second-order valence-electron chi connectivity index (χ2n) is 13.6. The molecular formula is C38H46N8O6. The highest BCUT2D eigenvalue weighted by Crippen LogP contribution is 2.34. The maximum absolute atomic E-state index is 13.5. The average molecular weight is 711 g/mol. The number of alkyl carbamates (subject to hydrolysis) is 2. The normalized spacial score (nSPS) is 18.6. The lowest BCUT2D eigenvalue weighted by Crippen LogP contribution is -2.52. The van der Waals surface area contributed by atoms with Crippen molar-refractivity contribution in [2.75, 3.05) is 27.3 Å². The zero-order valence-electron chi connectivity index (χ0n) is 30.1. The van der Waals surface area contributed by atoms with Gasteiger partial charge in [0.05, 0.1) is 50.1 Å². The SMILES string of the molecule is COC(=O)NC(C(=O)N1CCC[C@H]1c1ncc(-c2ccc(-c3ccc(-c4cnc([C@H](C)N5CCC[C@@H](NC(=O)OC)C5=O)[nH]4)cc3)cc2)[nH]1)C(C)C. The van der Waals surface area contributed by atoms with Crippen molar-refractivity contribution in [2.24, 2.45) is 5.92 Å². The van der Waals surface area contributed by atoms with E-state index in [-0.39, 0.29) is 29.8 Å². The number of imidazole rings is 2. The Hall–Kier alpha value is -5.66. The highest BCUT2D eigenvalue weighted by atomic mass is 16.5. The molecular weight excluding hydrogens is 664 g/mol. The molecule has 6 rings (SSSR count). The van der Waals surface area contributed by atoms with Crippen molar-refractivity contribution in [3.05, 3.63) is 72.6 Å². The third kappa shape index (κ3) is 7.65. The molecule has 0 spiro atoms. The zero-order chi connectivity index (χ0) is 36.9. The molecule has 0 bridgehead atoms. The van der Waals surface area contributed by atoms with E-state index in [1.165, 1.54) is 14.2 Å². The first-order valence-corrected chi connectivity index (χ1v) is 17.7. The van der Waals surface area contributed by atoms with Crippen LogP contribution in [0.5, 0.6) is 0 Å². The molecule has 2 aromatic carbocycles. The Bertz CT molecular complexity index is 1890. The highest BCUT2D eigenvalue weighted by Gasteiger charge is 2.38. The Labute approximate surface area is 302 Å². The number of rotatable bonds is 10. The van der Waals surface area contributed by atoms with Crippen LogP contribution in [0.4, 0.5) is 9.59 Å². The van der Waals surface area contributed by atoms with Crippen LogP contribution in [-0.4, -0.2) is 93.1 Å². The van der Waals surface area contributed by atoms with Crippen molar-refractivity contribution >= 4 is 24.0 Å². The summed E-state index contributed by atoms with van der Waals surface area (Å²) in [6.07, 6.45) is 5.30. The smallest absolute Gasteiger partial charge is 0.407 e. The molecule has 4 heterocycles. The Kier molecular flexibility index (Phi) is 10.9. The Morgan fingerprint density at radius 3 is 1.98 bits per heavy atom. The third-order valence-corrected chi connectivity index (χ3v) is 9.97. The molecule has 14 nitrogen and oxygen atoms in total. The van der Waals surface area contributed by atoms with E-state index in [1.54, 1.807) is 22.2 Å². The summed E-state index contributed by atoms with van der Waals surface area (Å²) < 4.78 is 9.42. The number of amides is 4. The zero-order valence-corrected chi connectivity index (χ0v) is 30.1. The first-order valence-electron chi connectivity index (χ1n) is 17.7. The summed E-state index contributed by atoms with van der Waals surface area (Å²) in [4.78, 5) is 69.8. The van der Waals surface area contributed by atoms with Crippen molar-refractivity contribution in [1.82, 2.24) is 40.4 Å². The summed E-state index contributed by atoms with van der Waals surface area (Å²) in [6, 6.07) is 14.6. The van der Waals surface area contributed by atoms with Crippen molar-refractivity contribution < 1.29 is 28.7 Å². The van der Waals surface area contributed by atoms with Crippen LogP contribution in [-0.2, 0) is 19.1 Å². The van der Waals surface area contributed by atoms with E-state index in [0.29, 0.717) is 25.3 Å². The predicted octanol–water partition coefficient (Wildman–Crippen LogP) is 5.59. The van der Waals surface area contributed by atoms with E-state index < -0.39 is 24.3 Å².